The Morgan fingerprint density at radius 2 is 1.78 bits per heavy atom. The van der Waals surface area contributed by atoms with E-state index in [2.05, 4.69) is 59.9 Å². The van der Waals surface area contributed by atoms with Gasteiger partial charge in [-0.15, -0.1) is 11.8 Å². The first-order valence-electron chi connectivity index (χ1n) is 6.06. The number of pyridine rings is 1. The van der Waals surface area contributed by atoms with Crippen molar-refractivity contribution < 1.29 is 0 Å². The summed E-state index contributed by atoms with van der Waals surface area (Å²) in [6, 6.07) is 13.1. The van der Waals surface area contributed by atoms with E-state index in [9.17, 15) is 0 Å². The molecule has 1 aromatic heterocycles. The third kappa shape index (κ3) is 3.59. The second kappa shape index (κ2) is 6.57. The highest BCUT2D eigenvalue weighted by Gasteiger charge is 2.03. The number of hydrogen-bond donors (Lipinski definition) is 1. The van der Waals surface area contributed by atoms with Crippen LogP contribution in [0.2, 0.25) is 0 Å². The molecular formula is C15H18N2S. The van der Waals surface area contributed by atoms with Crippen molar-refractivity contribution in [3.8, 4) is 0 Å². The topological polar surface area (TPSA) is 24.9 Å². The van der Waals surface area contributed by atoms with Crippen molar-refractivity contribution in [1.29, 1.82) is 0 Å². The van der Waals surface area contributed by atoms with Crippen LogP contribution in [0.3, 0.4) is 0 Å². The summed E-state index contributed by atoms with van der Waals surface area (Å²) in [4.78, 5) is 5.34. The molecule has 18 heavy (non-hydrogen) atoms. The van der Waals surface area contributed by atoms with E-state index < -0.39 is 0 Å². The van der Waals surface area contributed by atoms with Crippen molar-refractivity contribution in [3.63, 3.8) is 0 Å². The third-order valence-electron chi connectivity index (χ3n) is 2.98. The Balaban J connectivity index is 1.91. The first kappa shape index (κ1) is 13.1. The average molecular weight is 258 g/mol. The largest absolute Gasteiger partial charge is 0.306 e. The molecule has 0 aliphatic carbocycles. The number of rotatable bonds is 5. The molecule has 0 bridgehead atoms. The van der Waals surface area contributed by atoms with Gasteiger partial charge in [0, 0.05) is 29.9 Å². The highest BCUT2D eigenvalue weighted by molar-refractivity contribution is 7.98. The molecule has 0 fully saturated rings. The van der Waals surface area contributed by atoms with Gasteiger partial charge in [0.2, 0.25) is 0 Å². The van der Waals surface area contributed by atoms with Gasteiger partial charge in [-0.1, -0.05) is 12.1 Å². The molecule has 0 amide bonds. The molecule has 2 nitrogen and oxygen atoms in total. The zero-order valence-corrected chi connectivity index (χ0v) is 11.6. The Morgan fingerprint density at radius 1 is 1.11 bits per heavy atom. The standard InChI is InChI=1S/C15H18N2S/c1-12(14-7-9-16-10-8-14)17-11-13-3-5-15(18-2)6-4-13/h3-10,12,17H,11H2,1-2H3/t12-/m0/s1. The van der Waals surface area contributed by atoms with Crippen molar-refractivity contribution in [2.45, 2.75) is 24.4 Å². The van der Waals surface area contributed by atoms with Crippen LogP contribution in [0.15, 0.2) is 53.7 Å². The number of aromatic nitrogens is 1. The quantitative estimate of drug-likeness (QED) is 0.829. The van der Waals surface area contributed by atoms with Crippen LogP contribution < -0.4 is 5.32 Å². The monoisotopic (exact) mass is 258 g/mol. The minimum absolute atomic E-state index is 0.341. The van der Waals surface area contributed by atoms with Crippen molar-refractivity contribution in [2.75, 3.05) is 6.26 Å². The number of nitrogens with zero attached hydrogens (tertiary/aromatic N) is 1. The van der Waals surface area contributed by atoms with Crippen molar-refractivity contribution >= 4 is 11.8 Å². The van der Waals surface area contributed by atoms with Crippen LogP contribution in [0, 0.1) is 0 Å². The molecule has 1 heterocycles. The van der Waals surface area contributed by atoms with Crippen LogP contribution in [0.1, 0.15) is 24.1 Å². The van der Waals surface area contributed by atoms with Gasteiger partial charge in [-0.2, -0.15) is 0 Å². The van der Waals surface area contributed by atoms with E-state index in [1.54, 1.807) is 11.8 Å². The first-order chi connectivity index (χ1) is 8.79. The lowest BCUT2D eigenvalue weighted by Crippen LogP contribution is -2.17. The fourth-order valence-corrected chi connectivity index (χ4v) is 2.19. The average Bonchev–Trinajstić information content (AvgIpc) is 2.46. The summed E-state index contributed by atoms with van der Waals surface area (Å²) in [6.07, 6.45) is 5.76. The van der Waals surface area contributed by atoms with E-state index in [0.717, 1.165) is 6.54 Å². The lowest BCUT2D eigenvalue weighted by Gasteiger charge is -2.14. The highest BCUT2D eigenvalue weighted by Crippen LogP contribution is 2.16. The second-order valence-corrected chi connectivity index (χ2v) is 5.11. The third-order valence-corrected chi connectivity index (χ3v) is 3.72. The number of benzene rings is 1. The summed E-state index contributed by atoms with van der Waals surface area (Å²) in [5.74, 6) is 0. The van der Waals surface area contributed by atoms with Gasteiger partial charge in [-0.3, -0.25) is 4.98 Å². The predicted molar refractivity (Wildman–Crippen MR) is 77.7 cm³/mol. The van der Waals surface area contributed by atoms with Crippen LogP contribution in [-0.2, 0) is 6.54 Å². The fourth-order valence-electron chi connectivity index (χ4n) is 1.78. The van der Waals surface area contributed by atoms with Crippen LogP contribution in [0.4, 0.5) is 0 Å². The summed E-state index contributed by atoms with van der Waals surface area (Å²) >= 11 is 1.77. The normalized spacial score (nSPS) is 12.3. The van der Waals surface area contributed by atoms with Gasteiger partial charge >= 0.3 is 0 Å². The molecule has 2 rings (SSSR count). The highest BCUT2D eigenvalue weighted by atomic mass is 32.2. The maximum Gasteiger partial charge on any atom is 0.0296 e. The fraction of sp³-hybridized carbons (Fsp3) is 0.267. The second-order valence-electron chi connectivity index (χ2n) is 4.23. The van der Waals surface area contributed by atoms with Crippen LogP contribution in [-0.4, -0.2) is 11.2 Å². The summed E-state index contributed by atoms with van der Waals surface area (Å²) in [7, 11) is 0. The minimum atomic E-state index is 0.341. The Labute approximate surface area is 113 Å². The van der Waals surface area contributed by atoms with Crippen LogP contribution in [0.5, 0.6) is 0 Å². The Kier molecular flexibility index (Phi) is 4.79. The molecule has 0 unspecified atom stereocenters. The van der Waals surface area contributed by atoms with E-state index in [4.69, 9.17) is 0 Å². The minimum Gasteiger partial charge on any atom is -0.306 e. The molecule has 1 N–H and O–H groups in total. The summed E-state index contributed by atoms with van der Waals surface area (Å²) < 4.78 is 0. The Hall–Kier alpha value is -1.32. The molecule has 0 aliphatic heterocycles. The molecule has 0 aliphatic rings. The molecule has 2 aromatic rings. The number of hydrogen-bond acceptors (Lipinski definition) is 3. The van der Waals surface area contributed by atoms with Crippen molar-refractivity contribution in [2.24, 2.45) is 0 Å². The summed E-state index contributed by atoms with van der Waals surface area (Å²) in [6.45, 7) is 3.06. The lowest BCUT2D eigenvalue weighted by atomic mass is 10.1. The zero-order chi connectivity index (χ0) is 12.8. The molecule has 3 heteroatoms. The molecular weight excluding hydrogens is 240 g/mol. The first-order valence-corrected chi connectivity index (χ1v) is 7.28. The predicted octanol–water partition coefficient (Wildman–Crippen LogP) is 3.65. The van der Waals surface area contributed by atoms with E-state index in [0.29, 0.717) is 6.04 Å². The van der Waals surface area contributed by atoms with E-state index in [1.807, 2.05) is 12.4 Å². The molecule has 1 atom stereocenters. The smallest absolute Gasteiger partial charge is 0.0296 e. The van der Waals surface area contributed by atoms with Gasteiger partial charge in [0.25, 0.3) is 0 Å². The Bertz CT molecular complexity index is 468. The SMILES string of the molecule is CSc1ccc(CN[C@@H](C)c2ccncc2)cc1. The van der Waals surface area contributed by atoms with Gasteiger partial charge < -0.3 is 5.32 Å². The van der Waals surface area contributed by atoms with E-state index in [1.165, 1.54) is 16.0 Å². The molecule has 94 valence electrons. The molecule has 0 radical (unpaired) electrons. The van der Waals surface area contributed by atoms with Crippen LogP contribution in [0.25, 0.3) is 0 Å². The van der Waals surface area contributed by atoms with E-state index in [-0.39, 0.29) is 0 Å². The van der Waals surface area contributed by atoms with Gasteiger partial charge in [0.05, 0.1) is 0 Å². The van der Waals surface area contributed by atoms with E-state index >= 15 is 0 Å². The maximum atomic E-state index is 4.04. The lowest BCUT2D eigenvalue weighted by molar-refractivity contribution is 0.574. The number of nitrogens with one attached hydrogen (secondary N) is 1. The van der Waals surface area contributed by atoms with Crippen molar-refractivity contribution in [1.82, 2.24) is 10.3 Å². The maximum absolute atomic E-state index is 4.04. The Morgan fingerprint density at radius 3 is 2.39 bits per heavy atom. The van der Waals surface area contributed by atoms with Gasteiger partial charge in [0.1, 0.15) is 0 Å². The molecule has 0 spiro atoms. The number of thioether (sulfide) groups is 1. The molecule has 1 aromatic carbocycles. The van der Waals surface area contributed by atoms with Gasteiger partial charge in [-0.25, -0.2) is 0 Å². The van der Waals surface area contributed by atoms with Crippen LogP contribution >= 0.6 is 11.8 Å². The van der Waals surface area contributed by atoms with Gasteiger partial charge in [-0.05, 0) is 48.6 Å². The summed E-state index contributed by atoms with van der Waals surface area (Å²) in [5, 5.41) is 3.52. The molecule has 0 saturated heterocycles. The van der Waals surface area contributed by atoms with Crippen molar-refractivity contribution in [3.05, 3.63) is 59.9 Å². The summed E-state index contributed by atoms with van der Waals surface area (Å²) in [5.41, 5.74) is 2.58. The molecule has 0 saturated carbocycles. The van der Waals surface area contributed by atoms with Gasteiger partial charge in [0.15, 0.2) is 0 Å². The zero-order valence-electron chi connectivity index (χ0n) is 10.8.